The van der Waals surface area contributed by atoms with Gasteiger partial charge in [-0.3, -0.25) is 9.59 Å². The maximum atomic E-state index is 13.1. The molecule has 2 aromatic rings. The van der Waals surface area contributed by atoms with E-state index in [1.807, 2.05) is 0 Å². The Balaban J connectivity index is 1.40. The normalized spacial score (nSPS) is 15.9. The number of H-pyrrole nitrogens is 1. The summed E-state index contributed by atoms with van der Waals surface area (Å²) in [6.45, 7) is 2.84. The first-order valence-corrected chi connectivity index (χ1v) is 11.2. The van der Waals surface area contributed by atoms with E-state index in [2.05, 4.69) is 15.4 Å². The number of aromatic amines is 1. The van der Waals surface area contributed by atoms with Gasteiger partial charge in [0.2, 0.25) is 5.91 Å². The molecule has 1 amide bonds. The van der Waals surface area contributed by atoms with Crippen molar-refractivity contribution in [2.45, 2.75) is 31.7 Å². The summed E-state index contributed by atoms with van der Waals surface area (Å²) < 4.78 is 82.9. The number of alkyl halides is 6. The number of piperazine rings is 1. The van der Waals surface area contributed by atoms with Gasteiger partial charge in [-0.1, -0.05) is 11.3 Å². The molecule has 0 radical (unpaired) electrons. The number of ether oxygens (including phenoxy) is 1. The molecular weight excluding hydrogens is 506 g/mol. The number of carbonyl (C=O) groups excluding carboxylic acids is 1. The van der Waals surface area contributed by atoms with Crippen LogP contribution in [0.15, 0.2) is 17.2 Å². The Hall–Kier alpha value is -2.88. The number of anilines is 2. The fraction of sp³-hybridized carbons (Fsp3) is 0.579. The summed E-state index contributed by atoms with van der Waals surface area (Å²) in [7, 11) is 0. The first-order valence-electron chi connectivity index (χ1n) is 10.4. The number of nitrogens with zero attached hydrogens (tertiary/aromatic N) is 4. The third-order valence-corrected chi connectivity index (χ3v) is 6.15. The Morgan fingerprint density at radius 2 is 1.86 bits per heavy atom. The standard InChI is InChI=1S/C19H22F6N6O3S/c1-11(28-12-8-27-29-16(33)15(12)19(23,24)25)10-34-7-2-14(32)30-3-5-31(6-4-30)17-26-9-13(35-17)18(20,21)22/h8-9,11H,2-7,10H2,1H3,(H2,28,29,33). The summed E-state index contributed by atoms with van der Waals surface area (Å²) in [5.74, 6) is -0.210. The maximum absolute atomic E-state index is 13.1. The molecule has 3 heterocycles. The van der Waals surface area contributed by atoms with Crippen molar-refractivity contribution in [1.29, 1.82) is 0 Å². The average molecular weight is 528 g/mol. The van der Waals surface area contributed by atoms with Crippen molar-refractivity contribution >= 4 is 28.1 Å². The molecule has 2 N–H and O–H groups in total. The van der Waals surface area contributed by atoms with Crippen molar-refractivity contribution < 1.29 is 35.9 Å². The van der Waals surface area contributed by atoms with Gasteiger partial charge in [0, 0.05) is 32.2 Å². The van der Waals surface area contributed by atoms with Crippen molar-refractivity contribution in [2.75, 3.05) is 49.6 Å². The topological polar surface area (TPSA) is 103 Å². The van der Waals surface area contributed by atoms with E-state index < -0.39 is 40.1 Å². The largest absolute Gasteiger partial charge is 0.427 e. The lowest BCUT2D eigenvalue weighted by Gasteiger charge is -2.34. The quantitative estimate of drug-likeness (QED) is 0.401. The van der Waals surface area contributed by atoms with Crippen LogP contribution in [-0.2, 0) is 21.9 Å². The molecule has 3 rings (SSSR count). The Morgan fingerprint density at radius 3 is 2.46 bits per heavy atom. The van der Waals surface area contributed by atoms with Gasteiger partial charge >= 0.3 is 12.4 Å². The molecule has 194 valence electrons. The number of nitrogens with one attached hydrogen (secondary N) is 2. The number of hydrogen-bond acceptors (Lipinski definition) is 8. The molecule has 1 fully saturated rings. The SMILES string of the molecule is CC(COCCC(=O)N1CCN(c2ncc(C(F)(F)F)s2)CC1)Nc1cn[nH]c(=O)c1C(F)(F)F. The average Bonchev–Trinajstić information content (AvgIpc) is 3.27. The van der Waals surface area contributed by atoms with Crippen LogP contribution in [-0.4, -0.2) is 71.4 Å². The second-order valence-corrected chi connectivity index (χ2v) is 8.74. The van der Waals surface area contributed by atoms with Gasteiger partial charge in [0.25, 0.3) is 5.56 Å². The molecule has 2 aromatic heterocycles. The van der Waals surface area contributed by atoms with Crippen LogP contribution in [0.1, 0.15) is 23.8 Å². The summed E-state index contributed by atoms with van der Waals surface area (Å²) in [5.41, 5.74) is -3.23. The third-order valence-electron chi connectivity index (χ3n) is 5.05. The van der Waals surface area contributed by atoms with Gasteiger partial charge in [0.1, 0.15) is 10.4 Å². The van der Waals surface area contributed by atoms with E-state index in [1.54, 1.807) is 21.8 Å². The van der Waals surface area contributed by atoms with E-state index in [1.165, 1.54) is 0 Å². The summed E-state index contributed by atoms with van der Waals surface area (Å²) >= 11 is 0.554. The van der Waals surface area contributed by atoms with Crippen LogP contribution in [0.25, 0.3) is 0 Å². The Bertz CT molecular complexity index is 1060. The molecule has 1 atom stereocenters. The number of carbonyl (C=O) groups is 1. The fourth-order valence-electron chi connectivity index (χ4n) is 3.36. The predicted octanol–water partition coefficient (Wildman–Crippen LogP) is 2.82. The fourth-order valence-corrected chi connectivity index (χ4v) is 4.20. The number of hydrogen-bond donors (Lipinski definition) is 2. The highest BCUT2D eigenvalue weighted by atomic mass is 32.1. The van der Waals surface area contributed by atoms with Gasteiger partial charge < -0.3 is 19.9 Å². The number of rotatable bonds is 8. The summed E-state index contributed by atoms with van der Waals surface area (Å²) in [5, 5.41) is 7.90. The Morgan fingerprint density at radius 1 is 1.17 bits per heavy atom. The molecule has 0 saturated carbocycles. The monoisotopic (exact) mass is 528 g/mol. The van der Waals surface area contributed by atoms with E-state index in [9.17, 15) is 35.9 Å². The van der Waals surface area contributed by atoms with E-state index in [0.29, 0.717) is 37.5 Å². The van der Waals surface area contributed by atoms with E-state index in [-0.39, 0.29) is 30.7 Å². The van der Waals surface area contributed by atoms with Crippen LogP contribution < -0.4 is 15.8 Å². The smallest absolute Gasteiger partial charge is 0.379 e. The lowest BCUT2D eigenvalue weighted by molar-refractivity contribution is -0.138. The van der Waals surface area contributed by atoms with Crippen LogP contribution in [0.3, 0.4) is 0 Å². The molecule has 1 aliphatic heterocycles. The lowest BCUT2D eigenvalue weighted by atomic mass is 10.2. The van der Waals surface area contributed by atoms with Gasteiger partial charge in [0.15, 0.2) is 5.13 Å². The molecule has 1 saturated heterocycles. The Kier molecular flexibility index (Phi) is 8.25. The number of halogens is 6. The molecule has 1 aliphatic rings. The molecule has 16 heteroatoms. The van der Waals surface area contributed by atoms with Crippen LogP contribution >= 0.6 is 11.3 Å². The number of aromatic nitrogens is 3. The van der Waals surface area contributed by atoms with Crippen molar-refractivity contribution in [1.82, 2.24) is 20.1 Å². The third kappa shape index (κ3) is 7.06. The maximum Gasteiger partial charge on any atom is 0.427 e. The zero-order chi connectivity index (χ0) is 25.8. The second kappa shape index (κ2) is 10.8. The molecule has 35 heavy (non-hydrogen) atoms. The minimum Gasteiger partial charge on any atom is -0.379 e. The van der Waals surface area contributed by atoms with Gasteiger partial charge in [-0.15, -0.1) is 0 Å². The van der Waals surface area contributed by atoms with Crippen LogP contribution in [0.4, 0.5) is 37.2 Å². The molecule has 9 nitrogen and oxygen atoms in total. The minimum atomic E-state index is -4.87. The van der Waals surface area contributed by atoms with Gasteiger partial charge in [-0.2, -0.15) is 31.4 Å². The van der Waals surface area contributed by atoms with Gasteiger partial charge in [0.05, 0.1) is 37.7 Å². The minimum absolute atomic E-state index is 0.0201. The van der Waals surface area contributed by atoms with Crippen molar-refractivity contribution in [2.24, 2.45) is 0 Å². The molecule has 1 unspecified atom stereocenters. The van der Waals surface area contributed by atoms with Crippen molar-refractivity contribution in [3.8, 4) is 0 Å². The van der Waals surface area contributed by atoms with Crippen LogP contribution in [0.5, 0.6) is 0 Å². The highest BCUT2D eigenvalue weighted by Gasteiger charge is 2.37. The summed E-state index contributed by atoms with van der Waals surface area (Å²) in [6.07, 6.45) is -7.63. The summed E-state index contributed by atoms with van der Waals surface area (Å²) in [4.78, 5) is 30.2. The zero-order valence-corrected chi connectivity index (χ0v) is 19.2. The molecule has 0 aliphatic carbocycles. The number of amides is 1. The molecule has 0 spiro atoms. The zero-order valence-electron chi connectivity index (χ0n) is 18.4. The van der Waals surface area contributed by atoms with E-state index in [0.717, 1.165) is 12.4 Å². The van der Waals surface area contributed by atoms with E-state index >= 15 is 0 Å². The lowest BCUT2D eigenvalue weighted by Crippen LogP contribution is -2.49. The van der Waals surface area contributed by atoms with Crippen LogP contribution in [0, 0.1) is 0 Å². The first-order chi connectivity index (χ1) is 16.4. The second-order valence-electron chi connectivity index (χ2n) is 7.73. The highest BCUT2D eigenvalue weighted by Crippen LogP contribution is 2.36. The highest BCUT2D eigenvalue weighted by molar-refractivity contribution is 7.15. The molecular formula is C19H22F6N6O3S. The Labute approximate surface area is 199 Å². The first kappa shape index (κ1) is 26.7. The summed E-state index contributed by atoms with van der Waals surface area (Å²) in [6, 6.07) is -0.613. The van der Waals surface area contributed by atoms with Gasteiger partial charge in [-0.05, 0) is 6.92 Å². The number of thiazole rings is 1. The molecule has 0 bridgehead atoms. The van der Waals surface area contributed by atoms with Gasteiger partial charge in [-0.25, -0.2) is 10.1 Å². The predicted molar refractivity (Wildman–Crippen MR) is 114 cm³/mol. The van der Waals surface area contributed by atoms with E-state index in [4.69, 9.17) is 4.74 Å². The van der Waals surface area contributed by atoms with Crippen molar-refractivity contribution in [3.05, 3.63) is 33.2 Å². The van der Waals surface area contributed by atoms with Crippen LogP contribution in [0.2, 0.25) is 0 Å². The molecule has 0 aromatic carbocycles. The van der Waals surface area contributed by atoms with Crippen molar-refractivity contribution in [3.63, 3.8) is 0 Å².